The Morgan fingerprint density at radius 2 is 1.79 bits per heavy atom. The van der Waals surface area contributed by atoms with Crippen molar-refractivity contribution in [3.05, 3.63) is 24.3 Å². The summed E-state index contributed by atoms with van der Waals surface area (Å²) in [6.07, 6.45) is 0.768. The SMILES string of the molecule is CCNCCCNS(=O)(=O)c1ccc(OCC)cc1. The number of rotatable bonds is 9. The molecule has 0 saturated carbocycles. The van der Waals surface area contributed by atoms with Gasteiger partial charge in [-0.15, -0.1) is 0 Å². The maximum absolute atomic E-state index is 12.0. The van der Waals surface area contributed by atoms with Crippen LogP contribution in [0, 0.1) is 0 Å². The summed E-state index contributed by atoms with van der Waals surface area (Å²) < 4.78 is 31.8. The molecule has 0 aromatic heterocycles. The first-order valence-corrected chi connectivity index (χ1v) is 8.01. The zero-order valence-corrected chi connectivity index (χ0v) is 12.3. The van der Waals surface area contributed by atoms with Gasteiger partial charge in [0.25, 0.3) is 0 Å². The Hall–Kier alpha value is -1.11. The van der Waals surface area contributed by atoms with E-state index in [1.165, 1.54) is 0 Å². The minimum atomic E-state index is -3.41. The van der Waals surface area contributed by atoms with Crippen LogP contribution in [0.3, 0.4) is 0 Å². The normalized spacial score (nSPS) is 11.5. The minimum Gasteiger partial charge on any atom is -0.494 e. The Bertz CT molecular complexity index is 457. The molecule has 0 aliphatic rings. The summed E-state index contributed by atoms with van der Waals surface area (Å²) in [5.74, 6) is 0.675. The molecule has 0 spiro atoms. The van der Waals surface area contributed by atoms with E-state index in [9.17, 15) is 8.42 Å². The van der Waals surface area contributed by atoms with Gasteiger partial charge >= 0.3 is 0 Å². The second-order valence-electron chi connectivity index (χ2n) is 4.01. The molecule has 108 valence electrons. The highest BCUT2D eigenvalue weighted by molar-refractivity contribution is 7.89. The van der Waals surface area contributed by atoms with Gasteiger partial charge in [0.05, 0.1) is 11.5 Å². The standard InChI is InChI=1S/C13H22N2O3S/c1-3-14-10-5-11-15-19(16,17)13-8-6-12(7-9-13)18-4-2/h6-9,14-15H,3-5,10-11H2,1-2H3. The van der Waals surface area contributed by atoms with Crippen LogP contribution in [0.4, 0.5) is 0 Å². The third-order valence-electron chi connectivity index (χ3n) is 2.52. The maximum atomic E-state index is 12.0. The lowest BCUT2D eigenvalue weighted by molar-refractivity contribution is 0.340. The Morgan fingerprint density at radius 3 is 2.37 bits per heavy atom. The number of benzene rings is 1. The molecule has 0 aliphatic heterocycles. The molecule has 0 aliphatic carbocycles. The van der Waals surface area contributed by atoms with E-state index >= 15 is 0 Å². The fourth-order valence-electron chi connectivity index (χ4n) is 1.56. The Balaban J connectivity index is 2.52. The predicted octanol–water partition coefficient (Wildman–Crippen LogP) is 1.36. The van der Waals surface area contributed by atoms with Crippen molar-refractivity contribution in [1.29, 1.82) is 0 Å². The van der Waals surface area contributed by atoms with Crippen LogP contribution in [-0.2, 0) is 10.0 Å². The fraction of sp³-hybridized carbons (Fsp3) is 0.538. The van der Waals surface area contributed by atoms with Crippen molar-refractivity contribution in [3.8, 4) is 5.75 Å². The molecule has 2 N–H and O–H groups in total. The number of ether oxygens (including phenoxy) is 1. The highest BCUT2D eigenvalue weighted by atomic mass is 32.2. The molecule has 1 aromatic carbocycles. The minimum absolute atomic E-state index is 0.263. The smallest absolute Gasteiger partial charge is 0.240 e. The van der Waals surface area contributed by atoms with Crippen molar-refractivity contribution in [1.82, 2.24) is 10.0 Å². The van der Waals surface area contributed by atoms with Crippen molar-refractivity contribution in [2.24, 2.45) is 0 Å². The summed E-state index contributed by atoms with van der Waals surface area (Å²) in [6.45, 7) is 6.60. The maximum Gasteiger partial charge on any atom is 0.240 e. The summed E-state index contributed by atoms with van der Waals surface area (Å²) in [7, 11) is -3.41. The van der Waals surface area contributed by atoms with Gasteiger partial charge in [0.15, 0.2) is 0 Å². The first-order valence-electron chi connectivity index (χ1n) is 6.53. The van der Waals surface area contributed by atoms with Gasteiger partial charge in [-0.2, -0.15) is 0 Å². The van der Waals surface area contributed by atoms with Gasteiger partial charge in [-0.05, 0) is 50.7 Å². The van der Waals surface area contributed by atoms with E-state index in [1.54, 1.807) is 24.3 Å². The van der Waals surface area contributed by atoms with Gasteiger partial charge in [0, 0.05) is 6.54 Å². The van der Waals surface area contributed by atoms with Crippen molar-refractivity contribution < 1.29 is 13.2 Å². The molecule has 19 heavy (non-hydrogen) atoms. The monoisotopic (exact) mass is 286 g/mol. The molecule has 0 bridgehead atoms. The molecule has 6 heteroatoms. The van der Waals surface area contributed by atoms with Crippen LogP contribution in [0.15, 0.2) is 29.2 Å². The molecule has 0 heterocycles. The van der Waals surface area contributed by atoms with E-state index in [-0.39, 0.29) is 4.90 Å². The number of sulfonamides is 1. The van der Waals surface area contributed by atoms with E-state index < -0.39 is 10.0 Å². The lowest BCUT2D eigenvalue weighted by Crippen LogP contribution is -2.27. The molecular formula is C13H22N2O3S. The molecule has 0 unspecified atom stereocenters. The molecule has 0 atom stereocenters. The van der Waals surface area contributed by atoms with Crippen LogP contribution in [-0.4, -0.2) is 34.7 Å². The van der Waals surface area contributed by atoms with E-state index in [0.717, 1.165) is 19.5 Å². The van der Waals surface area contributed by atoms with E-state index in [0.29, 0.717) is 18.9 Å². The van der Waals surface area contributed by atoms with E-state index in [4.69, 9.17) is 4.74 Å². The fourth-order valence-corrected chi connectivity index (χ4v) is 2.64. The third kappa shape index (κ3) is 5.59. The van der Waals surface area contributed by atoms with Gasteiger partial charge in [0.1, 0.15) is 5.75 Å². The number of hydrogen-bond donors (Lipinski definition) is 2. The highest BCUT2D eigenvalue weighted by Crippen LogP contribution is 2.15. The van der Waals surface area contributed by atoms with Crippen molar-refractivity contribution in [2.45, 2.75) is 25.2 Å². The molecule has 0 fully saturated rings. The topological polar surface area (TPSA) is 67.4 Å². The molecular weight excluding hydrogens is 264 g/mol. The zero-order chi connectivity index (χ0) is 14.1. The van der Waals surface area contributed by atoms with Crippen LogP contribution in [0.1, 0.15) is 20.3 Å². The lowest BCUT2D eigenvalue weighted by Gasteiger charge is -2.08. The predicted molar refractivity (Wildman–Crippen MR) is 76.0 cm³/mol. The molecule has 1 aromatic rings. The average molecular weight is 286 g/mol. The first kappa shape index (κ1) is 15.9. The van der Waals surface area contributed by atoms with Crippen LogP contribution in [0.2, 0.25) is 0 Å². The molecule has 0 radical (unpaired) electrons. The first-order chi connectivity index (χ1) is 9.10. The van der Waals surface area contributed by atoms with Gasteiger partial charge in [-0.25, -0.2) is 13.1 Å². The largest absolute Gasteiger partial charge is 0.494 e. The van der Waals surface area contributed by atoms with Gasteiger partial charge in [-0.1, -0.05) is 6.92 Å². The summed E-state index contributed by atoms with van der Waals surface area (Å²) >= 11 is 0. The van der Waals surface area contributed by atoms with Crippen LogP contribution >= 0.6 is 0 Å². The lowest BCUT2D eigenvalue weighted by atomic mass is 10.3. The zero-order valence-electron chi connectivity index (χ0n) is 11.5. The summed E-state index contributed by atoms with van der Waals surface area (Å²) in [6, 6.07) is 6.43. The third-order valence-corrected chi connectivity index (χ3v) is 3.99. The summed E-state index contributed by atoms with van der Waals surface area (Å²) in [5, 5.41) is 3.14. The highest BCUT2D eigenvalue weighted by Gasteiger charge is 2.12. The second kappa shape index (κ2) is 8.14. The van der Waals surface area contributed by atoms with Crippen molar-refractivity contribution in [3.63, 3.8) is 0 Å². The van der Waals surface area contributed by atoms with Gasteiger partial charge in [-0.3, -0.25) is 0 Å². The molecule has 0 amide bonds. The number of nitrogens with one attached hydrogen (secondary N) is 2. The molecule has 1 rings (SSSR count). The Labute approximate surface area is 115 Å². The van der Waals surface area contributed by atoms with E-state index in [1.807, 2.05) is 13.8 Å². The quantitative estimate of drug-likeness (QED) is 0.673. The molecule has 5 nitrogen and oxygen atoms in total. The van der Waals surface area contributed by atoms with Crippen molar-refractivity contribution in [2.75, 3.05) is 26.2 Å². The summed E-state index contributed by atoms with van der Waals surface area (Å²) in [5.41, 5.74) is 0. The second-order valence-corrected chi connectivity index (χ2v) is 5.78. The Morgan fingerprint density at radius 1 is 1.11 bits per heavy atom. The van der Waals surface area contributed by atoms with Gasteiger partial charge in [0.2, 0.25) is 10.0 Å². The number of hydrogen-bond acceptors (Lipinski definition) is 4. The van der Waals surface area contributed by atoms with Crippen LogP contribution in [0.25, 0.3) is 0 Å². The van der Waals surface area contributed by atoms with Crippen LogP contribution in [0.5, 0.6) is 5.75 Å². The van der Waals surface area contributed by atoms with Crippen LogP contribution < -0.4 is 14.8 Å². The average Bonchev–Trinajstić information content (AvgIpc) is 2.39. The molecule has 0 saturated heterocycles. The summed E-state index contributed by atoms with van der Waals surface area (Å²) in [4.78, 5) is 0.263. The van der Waals surface area contributed by atoms with E-state index in [2.05, 4.69) is 10.0 Å². The Kier molecular flexibility index (Phi) is 6.83. The van der Waals surface area contributed by atoms with Crippen molar-refractivity contribution >= 4 is 10.0 Å². The van der Waals surface area contributed by atoms with Gasteiger partial charge < -0.3 is 10.1 Å².